The standard InChI is InChI=1S/C12H16ClFN2O3S/c1-16(9-2-4-19-5-3-9)20(17,18)11-7-8(15)6-10(13)12(11)14/h6-7,9H,2-5,15H2,1H3. The SMILES string of the molecule is CN(C1CCOCC1)S(=O)(=O)c1cc(N)cc(Cl)c1F. The van der Waals surface area contributed by atoms with Gasteiger partial charge in [0, 0.05) is 32.0 Å². The first kappa shape index (κ1) is 15.5. The minimum Gasteiger partial charge on any atom is -0.399 e. The van der Waals surface area contributed by atoms with Crippen LogP contribution in [0.25, 0.3) is 0 Å². The molecule has 0 unspecified atom stereocenters. The summed E-state index contributed by atoms with van der Waals surface area (Å²) in [4.78, 5) is -0.489. The van der Waals surface area contributed by atoms with Crippen LogP contribution in [0.5, 0.6) is 0 Å². The average molecular weight is 323 g/mol. The molecule has 0 aromatic heterocycles. The Morgan fingerprint density at radius 3 is 2.60 bits per heavy atom. The van der Waals surface area contributed by atoms with Crippen LogP contribution in [0.15, 0.2) is 17.0 Å². The topological polar surface area (TPSA) is 72.6 Å². The molecule has 20 heavy (non-hydrogen) atoms. The Hall–Kier alpha value is -0.890. The maximum absolute atomic E-state index is 14.0. The van der Waals surface area contributed by atoms with Gasteiger partial charge >= 0.3 is 0 Å². The smallest absolute Gasteiger partial charge is 0.246 e. The molecule has 0 radical (unpaired) electrons. The molecule has 1 fully saturated rings. The van der Waals surface area contributed by atoms with Crippen molar-refractivity contribution in [1.29, 1.82) is 0 Å². The van der Waals surface area contributed by atoms with Gasteiger partial charge in [-0.3, -0.25) is 0 Å². The number of hydrogen-bond acceptors (Lipinski definition) is 4. The third-order valence-electron chi connectivity index (χ3n) is 3.38. The van der Waals surface area contributed by atoms with Gasteiger partial charge in [0.25, 0.3) is 0 Å². The van der Waals surface area contributed by atoms with Crippen molar-refractivity contribution in [2.45, 2.75) is 23.8 Å². The van der Waals surface area contributed by atoms with Crippen molar-refractivity contribution in [3.8, 4) is 0 Å². The Morgan fingerprint density at radius 1 is 1.40 bits per heavy atom. The van der Waals surface area contributed by atoms with E-state index in [-0.39, 0.29) is 16.8 Å². The van der Waals surface area contributed by atoms with Crippen molar-refractivity contribution >= 4 is 27.3 Å². The minimum atomic E-state index is -3.98. The van der Waals surface area contributed by atoms with Gasteiger partial charge in [0.1, 0.15) is 4.90 Å². The van der Waals surface area contributed by atoms with E-state index in [9.17, 15) is 12.8 Å². The average Bonchev–Trinajstić information content (AvgIpc) is 2.42. The molecule has 0 aliphatic carbocycles. The Labute approximate surface area is 122 Å². The second-order valence-electron chi connectivity index (χ2n) is 4.68. The molecule has 112 valence electrons. The lowest BCUT2D eigenvalue weighted by Crippen LogP contribution is -2.40. The van der Waals surface area contributed by atoms with Gasteiger partial charge < -0.3 is 10.5 Å². The number of halogens is 2. The van der Waals surface area contributed by atoms with E-state index in [1.807, 2.05) is 0 Å². The Kier molecular flexibility index (Phi) is 4.53. The third kappa shape index (κ3) is 2.90. The molecule has 1 aromatic carbocycles. The van der Waals surface area contributed by atoms with Gasteiger partial charge in [0.05, 0.1) is 5.02 Å². The van der Waals surface area contributed by atoms with E-state index in [1.54, 1.807) is 0 Å². The lowest BCUT2D eigenvalue weighted by molar-refractivity contribution is 0.0631. The van der Waals surface area contributed by atoms with Crippen molar-refractivity contribution in [2.75, 3.05) is 26.0 Å². The Balaban J connectivity index is 2.39. The molecule has 1 aliphatic rings. The predicted molar refractivity (Wildman–Crippen MR) is 74.6 cm³/mol. The highest BCUT2D eigenvalue weighted by atomic mass is 35.5. The molecule has 8 heteroatoms. The van der Waals surface area contributed by atoms with E-state index in [0.29, 0.717) is 26.1 Å². The number of nitrogens with zero attached hydrogens (tertiary/aromatic N) is 1. The first-order chi connectivity index (χ1) is 9.34. The lowest BCUT2D eigenvalue weighted by atomic mass is 10.1. The van der Waals surface area contributed by atoms with E-state index in [1.165, 1.54) is 17.4 Å². The van der Waals surface area contributed by atoms with Crippen LogP contribution >= 0.6 is 11.6 Å². The highest BCUT2D eigenvalue weighted by Gasteiger charge is 2.32. The highest BCUT2D eigenvalue weighted by molar-refractivity contribution is 7.89. The molecular weight excluding hydrogens is 307 g/mol. The molecule has 0 spiro atoms. The number of sulfonamides is 1. The van der Waals surface area contributed by atoms with Crippen molar-refractivity contribution < 1.29 is 17.5 Å². The Bertz CT molecular complexity index is 603. The maximum atomic E-state index is 14.0. The number of nitrogens with two attached hydrogens (primary N) is 1. The van der Waals surface area contributed by atoms with Crippen LogP contribution in [0, 0.1) is 5.82 Å². The van der Waals surface area contributed by atoms with Gasteiger partial charge in [-0.15, -0.1) is 0 Å². The fraction of sp³-hybridized carbons (Fsp3) is 0.500. The summed E-state index contributed by atoms with van der Waals surface area (Å²) in [6, 6.07) is 2.06. The van der Waals surface area contributed by atoms with E-state index in [4.69, 9.17) is 22.1 Å². The second kappa shape index (κ2) is 5.85. The zero-order chi connectivity index (χ0) is 14.9. The zero-order valence-corrected chi connectivity index (χ0v) is 12.5. The van der Waals surface area contributed by atoms with Gasteiger partial charge in [0.2, 0.25) is 10.0 Å². The number of benzene rings is 1. The van der Waals surface area contributed by atoms with E-state index in [2.05, 4.69) is 0 Å². The summed E-state index contributed by atoms with van der Waals surface area (Å²) < 4.78 is 45.3. The summed E-state index contributed by atoms with van der Waals surface area (Å²) >= 11 is 5.66. The van der Waals surface area contributed by atoms with Crippen LogP contribution in [0.1, 0.15) is 12.8 Å². The summed E-state index contributed by atoms with van der Waals surface area (Å²) in [6.07, 6.45) is 1.15. The number of anilines is 1. The number of hydrogen-bond donors (Lipinski definition) is 1. The fourth-order valence-corrected chi connectivity index (χ4v) is 3.99. The molecule has 1 aliphatic heterocycles. The molecule has 2 N–H and O–H groups in total. The van der Waals surface area contributed by atoms with Crippen molar-refractivity contribution in [1.82, 2.24) is 4.31 Å². The van der Waals surface area contributed by atoms with Gasteiger partial charge in [-0.1, -0.05) is 11.6 Å². The van der Waals surface area contributed by atoms with Gasteiger partial charge in [0.15, 0.2) is 5.82 Å². The van der Waals surface area contributed by atoms with E-state index >= 15 is 0 Å². The summed E-state index contributed by atoms with van der Waals surface area (Å²) in [5.41, 5.74) is 5.66. The lowest BCUT2D eigenvalue weighted by Gasteiger charge is -2.30. The first-order valence-electron chi connectivity index (χ1n) is 6.14. The van der Waals surface area contributed by atoms with Crippen LogP contribution < -0.4 is 5.73 Å². The van der Waals surface area contributed by atoms with Crippen molar-refractivity contribution in [2.24, 2.45) is 0 Å². The molecule has 1 heterocycles. The quantitative estimate of drug-likeness (QED) is 0.862. The number of ether oxygens (including phenoxy) is 1. The summed E-state index contributed by atoms with van der Waals surface area (Å²) in [5, 5.41) is -0.302. The van der Waals surface area contributed by atoms with Crippen LogP contribution in [0.2, 0.25) is 5.02 Å². The number of rotatable bonds is 3. The predicted octanol–water partition coefficient (Wildman–Crippen LogP) is 1.86. The molecule has 5 nitrogen and oxygen atoms in total. The molecule has 1 aromatic rings. The Morgan fingerprint density at radius 2 is 2.00 bits per heavy atom. The molecule has 1 saturated heterocycles. The summed E-state index contributed by atoms with van der Waals surface area (Å²) in [5.74, 6) is -0.972. The molecule has 0 amide bonds. The van der Waals surface area contributed by atoms with Gasteiger partial charge in [-0.05, 0) is 25.0 Å². The van der Waals surface area contributed by atoms with Crippen LogP contribution in [-0.2, 0) is 14.8 Å². The van der Waals surface area contributed by atoms with E-state index < -0.39 is 20.7 Å². The molecular formula is C12H16ClFN2O3S. The monoisotopic (exact) mass is 322 g/mol. The summed E-state index contributed by atoms with van der Waals surface area (Å²) in [7, 11) is -2.54. The highest BCUT2D eigenvalue weighted by Crippen LogP contribution is 2.29. The number of nitrogen functional groups attached to an aromatic ring is 1. The van der Waals surface area contributed by atoms with Gasteiger partial charge in [-0.2, -0.15) is 4.31 Å². The molecule has 0 saturated carbocycles. The van der Waals surface area contributed by atoms with Crippen LogP contribution in [0.4, 0.5) is 10.1 Å². The first-order valence-corrected chi connectivity index (χ1v) is 7.96. The molecule has 0 atom stereocenters. The van der Waals surface area contributed by atoms with Crippen molar-refractivity contribution in [3.63, 3.8) is 0 Å². The second-order valence-corrected chi connectivity index (χ2v) is 7.05. The minimum absolute atomic E-state index is 0.107. The van der Waals surface area contributed by atoms with Crippen LogP contribution in [0.3, 0.4) is 0 Å². The molecule has 0 bridgehead atoms. The summed E-state index contributed by atoms with van der Waals surface area (Å²) in [6.45, 7) is 0.982. The zero-order valence-electron chi connectivity index (χ0n) is 11.0. The normalized spacial score (nSPS) is 17.6. The van der Waals surface area contributed by atoms with E-state index in [0.717, 1.165) is 6.07 Å². The third-order valence-corrected chi connectivity index (χ3v) is 5.56. The largest absolute Gasteiger partial charge is 0.399 e. The molecule has 2 rings (SSSR count). The maximum Gasteiger partial charge on any atom is 0.246 e. The van der Waals surface area contributed by atoms with Crippen molar-refractivity contribution in [3.05, 3.63) is 23.0 Å². The van der Waals surface area contributed by atoms with Gasteiger partial charge in [-0.25, -0.2) is 12.8 Å². The fourth-order valence-electron chi connectivity index (χ4n) is 2.17. The van der Waals surface area contributed by atoms with Crippen LogP contribution in [-0.4, -0.2) is 39.0 Å².